The number of methoxy groups -OCH3 is 1. The van der Waals surface area contributed by atoms with E-state index in [0.29, 0.717) is 18.5 Å². The molecule has 1 amide bonds. The summed E-state index contributed by atoms with van der Waals surface area (Å²) in [5.41, 5.74) is 3.77. The molecule has 0 radical (unpaired) electrons. The minimum atomic E-state index is -0.520. The Labute approximate surface area is 162 Å². The number of carbonyl (C=O) groups excluding carboxylic acids is 2. The van der Waals surface area contributed by atoms with E-state index in [1.807, 2.05) is 36.6 Å². The van der Waals surface area contributed by atoms with Gasteiger partial charge in [-0.25, -0.2) is 9.78 Å². The van der Waals surface area contributed by atoms with Gasteiger partial charge in [0.25, 0.3) is 5.91 Å². The molecule has 0 spiro atoms. The molecule has 1 heterocycles. The highest BCUT2D eigenvalue weighted by Gasteiger charge is 2.16. The number of carbonyl (C=O) groups is 2. The van der Waals surface area contributed by atoms with Crippen LogP contribution in [0.5, 0.6) is 0 Å². The van der Waals surface area contributed by atoms with Gasteiger partial charge >= 0.3 is 5.97 Å². The Balaban J connectivity index is 1.58. The normalized spacial score (nSPS) is 10.4. The van der Waals surface area contributed by atoms with Crippen LogP contribution in [0.2, 0.25) is 0 Å². The summed E-state index contributed by atoms with van der Waals surface area (Å²) >= 11 is 1.63. The van der Waals surface area contributed by atoms with Crippen molar-refractivity contribution in [1.29, 1.82) is 0 Å². The van der Waals surface area contributed by atoms with E-state index in [0.717, 1.165) is 21.8 Å². The van der Waals surface area contributed by atoms with E-state index in [1.165, 1.54) is 7.11 Å². The second-order valence-corrected chi connectivity index (χ2v) is 7.05. The first kappa shape index (κ1) is 18.8. The van der Waals surface area contributed by atoms with Crippen molar-refractivity contribution in [3.05, 3.63) is 75.6 Å². The largest absolute Gasteiger partial charge is 0.465 e. The molecule has 0 aliphatic heterocycles. The molecule has 0 aliphatic carbocycles. The number of benzene rings is 2. The fourth-order valence-corrected chi connectivity index (χ4v) is 3.34. The summed E-state index contributed by atoms with van der Waals surface area (Å²) in [5, 5.41) is 5.95. The Morgan fingerprint density at radius 2 is 1.78 bits per heavy atom. The Morgan fingerprint density at radius 3 is 2.41 bits per heavy atom. The lowest BCUT2D eigenvalue weighted by Gasteiger charge is -2.09. The second-order valence-electron chi connectivity index (χ2n) is 5.99. The van der Waals surface area contributed by atoms with Gasteiger partial charge in [-0.3, -0.25) is 4.79 Å². The molecular weight excluding hydrogens is 360 g/mol. The summed E-state index contributed by atoms with van der Waals surface area (Å²) < 4.78 is 4.73. The van der Waals surface area contributed by atoms with Crippen molar-refractivity contribution in [2.24, 2.45) is 0 Å². The number of thiazole rings is 1. The van der Waals surface area contributed by atoms with Gasteiger partial charge < -0.3 is 10.1 Å². The third-order valence-corrected chi connectivity index (χ3v) is 4.92. The average Bonchev–Trinajstić information content (AvgIpc) is 3.14. The summed E-state index contributed by atoms with van der Waals surface area (Å²) in [4.78, 5) is 28.7. The number of rotatable bonds is 6. The molecule has 0 aliphatic rings. The molecule has 27 heavy (non-hydrogen) atoms. The molecule has 3 aromatic rings. The molecule has 6 heteroatoms. The summed E-state index contributed by atoms with van der Waals surface area (Å²) in [5.74, 6) is -0.806. The van der Waals surface area contributed by atoms with Crippen LogP contribution < -0.4 is 5.32 Å². The summed E-state index contributed by atoms with van der Waals surface area (Å²) in [6, 6.07) is 14.8. The fraction of sp³-hybridized carbons (Fsp3) is 0.190. The molecule has 0 bridgehead atoms. The van der Waals surface area contributed by atoms with Gasteiger partial charge in [0.15, 0.2) is 0 Å². The Kier molecular flexibility index (Phi) is 5.98. The van der Waals surface area contributed by atoms with Gasteiger partial charge in [0.05, 0.1) is 28.9 Å². The summed E-state index contributed by atoms with van der Waals surface area (Å²) in [6.07, 6.45) is 0.697. The molecule has 138 valence electrons. The highest BCUT2D eigenvalue weighted by molar-refractivity contribution is 7.09. The maximum atomic E-state index is 12.4. The number of nitrogens with one attached hydrogen (secondary N) is 1. The van der Waals surface area contributed by atoms with Crippen molar-refractivity contribution >= 4 is 23.2 Å². The predicted octanol–water partition coefficient (Wildman–Crippen LogP) is 3.88. The van der Waals surface area contributed by atoms with Crippen LogP contribution in [-0.2, 0) is 11.2 Å². The lowest BCUT2D eigenvalue weighted by atomic mass is 10.1. The van der Waals surface area contributed by atoms with Crippen LogP contribution in [0.25, 0.3) is 11.3 Å². The average molecular weight is 380 g/mol. The first-order valence-electron chi connectivity index (χ1n) is 8.55. The van der Waals surface area contributed by atoms with Gasteiger partial charge in [-0.05, 0) is 31.0 Å². The van der Waals surface area contributed by atoms with Crippen LogP contribution in [0.15, 0.2) is 53.9 Å². The molecular formula is C21H20N2O3S. The van der Waals surface area contributed by atoms with Crippen molar-refractivity contribution in [1.82, 2.24) is 10.3 Å². The number of ether oxygens (including phenoxy) is 1. The fourth-order valence-electron chi connectivity index (χ4n) is 2.72. The Hall–Kier alpha value is -2.99. The first-order chi connectivity index (χ1) is 13.1. The number of hydrogen-bond donors (Lipinski definition) is 1. The van der Waals surface area contributed by atoms with Crippen molar-refractivity contribution < 1.29 is 14.3 Å². The van der Waals surface area contributed by atoms with Gasteiger partial charge in [0, 0.05) is 17.5 Å². The molecule has 0 saturated heterocycles. The number of hydrogen-bond acceptors (Lipinski definition) is 5. The van der Waals surface area contributed by atoms with E-state index < -0.39 is 5.97 Å². The zero-order valence-corrected chi connectivity index (χ0v) is 16.0. The topological polar surface area (TPSA) is 68.3 Å². The molecule has 1 N–H and O–H groups in total. The van der Waals surface area contributed by atoms with Gasteiger partial charge in [0.1, 0.15) is 0 Å². The maximum Gasteiger partial charge on any atom is 0.338 e. The van der Waals surface area contributed by atoms with Crippen molar-refractivity contribution in [3.63, 3.8) is 0 Å². The SMILES string of the molecule is COC(=O)c1ccccc1C(=O)NCCc1ccc(-c2csc(C)n2)cc1. The minimum absolute atomic E-state index is 0.264. The van der Waals surface area contributed by atoms with E-state index in [4.69, 9.17) is 4.74 Å². The number of aryl methyl sites for hydroxylation is 1. The monoisotopic (exact) mass is 380 g/mol. The lowest BCUT2D eigenvalue weighted by molar-refractivity contribution is 0.0596. The smallest absolute Gasteiger partial charge is 0.338 e. The molecule has 1 aromatic heterocycles. The Bertz CT molecular complexity index is 948. The molecule has 0 saturated carbocycles. The van der Waals surface area contributed by atoms with E-state index in [2.05, 4.69) is 10.3 Å². The molecule has 0 fully saturated rings. The van der Waals surface area contributed by atoms with Gasteiger partial charge in [-0.15, -0.1) is 11.3 Å². The van der Waals surface area contributed by atoms with Crippen molar-refractivity contribution in [2.45, 2.75) is 13.3 Å². The highest BCUT2D eigenvalue weighted by atomic mass is 32.1. The first-order valence-corrected chi connectivity index (χ1v) is 9.43. The Morgan fingerprint density at radius 1 is 1.07 bits per heavy atom. The van der Waals surface area contributed by atoms with Gasteiger partial charge in [-0.1, -0.05) is 36.4 Å². The third-order valence-electron chi connectivity index (χ3n) is 4.14. The number of amides is 1. The van der Waals surface area contributed by atoms with Crippen molar-refractivity contribution in [3.8, 4) is 11.3 Å². The predicted molar refractivity (Wildman–Crippen MR) is 106 cm³/mol. The molecule has 3 rings (SSSR count). The van der Waals surface area contributed by atoms with Crippen LogP contribution in [-0.4, -0.2) is 30.5 Å². The molecule has 0 unspecified atom stereocenters. The third kappa shape index (κ3) is 4.60. The standard InChI is InChI=1S/C21H20N2O3S/c1-14-23-19(13-27-14)16-9-7-15(8-10-16)11-12-22-20(24)17-5-3-4-6-18(17)21(25)26-2/h3-10,13H,11-12H2,1-2H3,(H,22,24). The maximum absolute atomic E-state index is 12.4. The zero-order chi connectivity index (χ0) is 19.2. The second kappa shape index (κ2) is 8.60. The summed E-state index contributed by atoms with van der Waals surface area (Å²) in [6.45, 7) is 2.47. The highest BCUT2D eigenvalue weighted by Crippen LogP contribution is 2.21. The molecule has 0 atom stereocenters. The summed E-state index contributed by atoms with van der Waals surface area (Å²) in [7, 11) is 1.30. The van der Waals surface area contributed by atoms with E-state index in [-0.39, 0.29) is 11.5 Å². The number of aromatic nitrogens is 1. The van der Waals surface area contributed by atoms with Crippen LogP contribution in [0.3, 0.4) is 0 Å². The van der Waals surface area contributed by atoms with Crippen LogP contribution in [0, 0.1) is 6.92 Å². The minimum Gasteiger partial charge on any atom is -0.465 e. The molecule has 2 aromatic carbocycles. The van der Waals surface area contributed by atoms with Gasteiger partial charge in [-0.2, -0.15) is 0 Å². The van der Waals surface area contributed by atoms with Crippen LogP contribution in [0.4, 0.5) is 0 Å². The zero-order valence-electron chi connectivity index (χ0n) is 15.2. The van der Waals surface area contributed by atoms with Crippen LogP contribution >= 0.6 is 11.3 Å². The quantitative estimate of drug-likeness (QED) is 0.659. The van der Waals surface area contributed by atoms with E-state index in [9.17, 15) is 9.59 Å². The molecule has 5 nitrogen and oxygen atoms in total. The number of nitrogens with zero attached hydrogens (tertiary/aromatic N) is 1. The van der Waals surface area contributed by atoms with E-state index in [1.54, 1.807) is 35.6 Å². The lowest BCUT2D eigenvalue weighted by Crippen LogP contribution is -2.27. The number of esters is 1. The van der Waals surface area contributed by atoms with Crippen molar-refractivity contribution in [2.75, 3.05) is 13.7 Å². The van der Waals surface area contributed by atoms with E-state index >= 15 is 0 Å². The van der Waals surface area contributed by atoms with Crippen LogP contribution in [0.1, 0.15) is 31.3 Å². The van der Waals surface area contributed by atoms with Gasteiger partial charge in [0.2, 0.25) is 0 Å².